The fourth-order valence-electron chi connectivity index (χ4n) is 4.76. The molecule has 0 bridgehead atoms. The minimum atomic E-state index is 0.0771. The van der Waals surface area contributed by atoms with Gasteiger partial charge < -0.3 is 19.1 Å². The van der Waals surface area contributed by atoms with Crippen molar-refractivity contribution in [2.75, 3.05) is 31.8 Å². The average molecular weight is 471 g/mol. The van der Waals surface area contributed by atoms with E-state index in [1.54, 1.807) is 19.6 Å². The SMILES string of the molecule is COc1ncnc(C2CC2)c1-c1cnc2c(n1)N(Cc1ccc(C3=NC4(CC4)CO3)cc1)CCO2. The third kappa shape index (κ3) is 3.75. The molecule has 2 aliphatic heterocycles. The molecule has 2 fully saturated rings. The van der Waals surface area contributed by atoms with Gasteiger partial charge in [0.05, 0.1) is 42.3 Å². The van der Waals surface area contributed by atoms with Crippen LogP contribution in [0.25, 0.3) is 11.3 Å². The van der Waals surface area contributed by atoms with Crippen LogP contribution < -0.4 is 14.4 Å². The second-order valence-electron chi connectivity index (χ2n) is 9.70. The average Bonchev–Trinajstić information content (AvgIpc) is 3.82. The number of nitrogens with zero attached hydrogens (tertiary/aromatic N) is 6. The molecule has 2 aromatic heterocycles. The van der Waals surface area contributed by atoms with E-state index >= 15 is 0 Å². The van der Waals surface area contributed by atoms with Crippen LogP contribution in [0.1, 0.15) is 48.4 Å². The lowest BCUT2D eigenvalue weighted by atomic mass is 10.1. The first-order chi connectivity index (χ1) is 17.2. The van der Waals surface area contributed by atoms with E-state index in [0.29, 0.717) is 36.5 Å². The molecule has 4 heterocycles. The minimum Gasteiger partial charge on any atom is -0.480 e. The highest BCUT2D eigenvalue weighted by atomic mass is 16.5. The lowest BCUT2D eigenvalue weighted by Gasteiger charge is -2.29. The van der Waals surface area contributed by atoms with Crippen molar-refractivity contribution in [2.24, 2.45) is 4.99 Å². The van der Waals surface area contributed by atoms with E-state index in [-0.39, 0.29) is 5.54 Å². The lowest BCUT2D eigenvalue weighted by molar-refractivity contribution is 0.292. The predicted molar refractivity (Wildman–Crippen MR) is 129 cm³/mol. The van der Waals surface area contributed by atoms with Crippen LogP contribution in [-0.2, 0) is 11.3 Å². The third-order valence-corrected chi connectivity index (χ3v) is 7.09. The molecule has 178 valence electrons. The van der Waals surface area contributed by atoms with Crippen molar-refractivity contribution in [2.45, 2.75) is 43.7 Å². The molecule has 0 unspecified atom stereocenters. The molecule has 0 amide bonds. The van der Waals surface area contributed by atoms with Crippen LogP contribution in [0.5, 0.6) is 11.8 Å². The second-order valence-corrected chi connectivity index (χ2v) is 9.70. The Balaban J connectivity index is 1.18. The van der Waals surface area contributed by atoms with Gasteiger partial charge in [-0.05, 0) is 43.4 Å². The quantitative estimate of drug-likeness (QED) is 0.540. The molecule has 7 rings (SSSR count). The van der Waals surface area contributed by atoms with Crippen LogP contribution in [0.4, 0.5) is 5.82 Å². The van der Waals surface area contributed by atoms with Crippen molar-refractivity contribution >= 4 is 11.7 Å². The predicted octanol–water partition coefficient (Wildman–Crippen LogP) is 3.53. The number of anilines is 1. The highest BCUT2D eigenvalue weighted by Crippen LogP contribution is 2.46. The molecule has 2 saturated carbocycles. The second kappa shape index (κ2) is 7.90. The number of benzene rings is 1. The van der Waals surface area contributed by atoms with E-state index in [9.17, 15) is 0 Å². The first-order valence-electron chi connectivity index (χ1n) is 12.2. The van der Waals surface area contributed by atoms with Gasteiger partial charge in [-0.2, -0.15) is 0 Å². The number of fused-ring (bicyclic) bond motifs is 1. The molecule has 9 heteroatoms. The van der Waals surface area contributed by atoms with E-state index in [4.69, 9.17) is 24.2 Å². The van der Waals surface area contributed by atoms with Crippen LogP contribution >= 0.6 is 0 Å². The molecule has 1 spiro atoms. The normalized spacial score (nSPS) is 19.6. The van der Waals surface area contributed by atoms with Crippen LogP contribution in [0.2, 0.25) is 0 Å². The van der Waals surface area contributed by atoms with Gasteiger partial charge in [0.2, 0.25) is 11.8 Å². The molecule has 0 saturated heterocycles. The summed E-state index contributed by atoms with van der Waals surface area (Å²) in [6.07, 6.45) is 7.81. The van der Waals surface area contributed by atoms with Gasteiger partial charge in [0.1, 0.15) is 19.5 Å². The molecule has 0 radical (unpaired) electrons. The Morgan fingerprint density at radius 2 is 1.94 bits per heavy atom. The molecular formula is C26H26N6O3. The summed E-state index contributed by atoms with van der Waals surface area (Å²) >= 11 is 0. The number of aliphatic imine (C=N–C) groups is 1. The number of methoxy groups -OCH3 is 1. The highest BCUT2D eigenvalue weighted by Gasteiger charge is 2.47. The van der Waals surface area contributed by atoms with Crippen molar-refractivity contribution < 1.29 is 14.2 Å². The van der Waals surface area contributed by atoms with Gasteiger partial charge in [-0.15, -0.1) is 0 Å². The standard InChI is InChI=1S/C26H26N6O3/c1-33-24-20(21(17-6-7-17)28-15-29-24)19-12-27-25-22(30-19)32(10-11-34-25)13-16-2-4-18(5-3-16)23-31-26(8-9-26)14-35-23/h2-5,12,15,17H,6-11,13-14H2,1H3. The Kier molecular flexibility index (Phi) is 4.65. The fraction of sp³-hybridized carbons (Fsp3) is 0.423. The smallest absolute Gasteiger partial charge is 0.257 e. The van der Waals surface area contributed by atoms with E-state index in [0.717, 1.165) is 67.4 Å². The maximum absolute atomic E-state index is 5.84. The Morgan fingerprint density at radius 1 is 1.09 bits per heavy atom. The van der Waals surface area contributed by atoms with Crippen LogP contribution in [0.15, 0.2) is 41.8 Å². The van der Waals surface area contributed by atoms with Crippen LogP contribution in [0, 0.1) is 0 Å². The molecule has 0 N–H and O–H groups in total. The van der Waals surface area contributed by atoms with Gasteiger partial charge in [0.25, 0.3) is 5.88 Å². The zero-order chi connectivity index (χ0) is 23.4. The van der Waals surface area contributed by atoms with Crippen molar-refractivity contribution in [1.82, 2.24) is 19.9 Å². The Bertz CT molecular complexity index is 1320. The molecule has 2 aliphatic carbocycles. The summed E-state index contributed by atoms with van der Waals surface area (Å²) in [4.78, 5) is 25.5. The van der Waals surface area contributed by atoms with Gasteiger partial charge in [-0.1, -0.05) is 12.1 Å². The Morgan fingerprint density at radius 3 is 2.69 bits per heavy atom. The van der Waals surface area contributed by atoms with Gasteiger partial charge >= 0.3 is 0 Å². The Hall–Kier alpha value is -3.75. The molecular weight excluding hydrogens is 444 g/mol. The molecule has 9 nitrogen and oxygen atoms in total. The zero-order valence-corrected chi connectivity index (χ0v) is 19.6. The summed E-state index contributed by atoms with van der Waals surface area (Å²) in [5.74, 6) is 2.99. The van der Waals surface area contributed by atoms with E-state index in [2.05, 4.69) is 44.1 Å². The topological polar surface area (TPSA) is 94.9 Å². The van der Waals surface area contributed by atoms with Gasteiger partial charge in [-0.3, -0.25) is 0 Å². The number of hydrogen-bond acceptors (Lipinski definition) is 9. The third-order valence-electron chi connectivity index (χ3n) is 7.09. The zero-order valence-electron chi connectivity index (χ0n) is 19.6. The molecule has 0 atom stereocenters. The van der Waals surface area contributed by atoms with Crippen molar-refractivity contribution in [1.29, 1.82) is 0 Å². The summed E-state index contributed by atoms with van der Waals surface area (Å²) in [6, 6.07) is 8.44. The van der Waals surface area contributed by atoms with E-state index in [1.165, 1.54) is 5.56 Å². The van der Waals surface area contributed by atoms with E-state index in [1.807, 2.05) is 0 Å². The van der Waals surface area contributed by atoms with Gasteiger partial charge in [-0.25, -0.2) is 24.9 Å². The van der Waals surface area contributed by atoms with E-state index < -0.39 is 0 Å². The number of hydrogen-bond donors (Lipinski definition) is 0. The lowest BCUT2D eigenvalue weighted by Crippen LogP contribution is -2.33. The van der Waals surface area contributed by atoms with Crippen molar-refractivity contribution in [3.05, 3.63) is 53.6 Å². The van der Waals surface area contributed by atoms with Gasteiger partial charge in [0, 0.05) is 18.0 Å². The maximum Gasteiger partial charge on any atom is 0.257 e. The summed E-state index contributed by atoms with van der Waals surface area (Å²) in [5, 5.41) is 0. The maximum atomic E-state index is 5.84. The number of ether oxygens (including phenoxy) is 3. The Labute approximate surface area is 203 Å². The summed E-state index contributed by atoms with van der Waals surface area (Å²) in [5.41, 5.74) is 4.80. The van der Waals surface area contributed by atoms with Crippen LogP contribution in [0.3, 0.4) is 0 Å². The number of rotatable bonds is 6. The van der Waals surface area contributed by atoms with Crippen molar-refractivity contribution in [3.63, 3.8) is 0 Å². The largest absolute Gasteiger partial charge is 0.480 e. The minimum absolute atomic E-state index is 0.0771. The van der Waals surface area contributed by atoms with Gasteiger partial charge in [0.15, 0.2) is 5.82 Å². The molecule has 1 aromatic carbocycles. The molecule has 35 heavy (non-hydrogen) atoms. The monoisotopic (exact) mass is 470 g/mol. The summed E-state index contributed by atoms with van der Waals surface area (Å²) < 4.78 is 17.2. The molecule has 4 aliphatic rings. The first kappa shape index (κ1) is 20.6. The first-order valence-corrected chi connectivity index (χ1v) is 12.2. The highest BCUT2D eigenvalue weighted by molar-refractivity contribution is 5.95. The number of aromatic nitrogens is 4. The van der Waals surface area contributed by atoms with Crippen LogP contribution in [-0.4, -0.2) is 58.2 Å². The van der Waals surface area contributed by atoms with Crippen molar-refractivity contribution in [3.8, 4) is 23.0 Å². The summed E-state index contributed by atoms with van der Waals surface area (Å²) in [6.45, 7) is 2.71. The summed E-state index contributed by atoms with van der Waals surface area (Å²) in [7, 11) is 1.63. The molecule has 3 aromatic rings. The fourth-order valence-corrected chi connectivity index (χ4v) is 4.76.